The van der Waals surface area contributed by atoms with Crippen LogP contribution in [-0.2, 0) is 6.54 Å². The number of likely N-dealkylation sites (tertiary alicyclic amines) is 1. The van der Waals surface area contributed by atoms with E-state index in [1.165, 1.54) is 31.3 Å². The number of hydrogen-bond donors (Lipinski definition) is 1. The molecule has 1 aromatic carbocycles. The maximum absolute atomic E-state index is 5.48. The molecule has 1 aliphatic rings. The van der Waals surface area contributed by atoms with E-state index in [0.29, 0.717) is 6.04 Å². The summed E-state index contributed by atoms with van der Waals surface area (Å²) >= 11 is 9.02. The SMILES string of the molecule is CN1CCCCC1Cn1c(=S)[nH]c2ccc(Br)cc21. The fourth-order valence-corrected chi connectivity index (χ4v) is 3.52. The fourth-order valence-electron chi connectivity index (χ4n) is 2.89. The van der Waals surface area contributed by atoms with Crippen LogP contribution in [0.3, 0.4) is 0 Å². The number of piperidine rings is 1. The third-order valence-corrected chi connectivity index (χ3v) is 4.87. The first-order chi connectivity index (χ1) is 9.15. The largest absolute Gasteiger partial charge is 0.331 e. The first kappa shape index (κ1) is 13.3. The van der Waals surface area contributed by atoms with E-state index in [1.54, 1.807) is 0 Å². The van der Waals surface area contributed by atoms with Crippen LogP contribution in [0.15, 0.2) is 22.7 Å². The molecule has 2 aromatic rings. The average Bonchev–Trinajstić information content (AvgIpc) is 2.69. The number of hydrogen-bond acceptors (Lipinski definition) is 2. The molecule has 0 spiro atoms. The van der Waals surface area contributed by atoms with Crippen molar-refractivity contribution in [2.24, 2.45) is 0 Å². The van der Waals surface area contributed by atoms with Gasteiger partial charge in [-0.2, -0.15) is 0 Å². The van der Waals surface area contributed by atoms with Crippen LogP contribution in [0.4, 0.5) is 0 Å². The molecule has 0 bridgehead atoms. The lowest BCUT2D eigenvalue weighted by atomic mass is 10.0. The summed E-state index contributed by atoms with van der Waals surface area (Å²) in [5, 5.41) is 0. The molecule has 2 heterocycles. The Bertz CT molecular complexity index is 646. The second-order valence-electron chi connectivity index (χ2n) is 5.33. The summed E-state index contributed by atoms with van der Waals surface area (Å²) in [4.78, 5) is 5.76. The number of halogens is 1. The quantitative estimate of drug-likeness (QED) is 0.837. The van der Waals surface area contributed by atoms with Gasteiger partial charge in [-0.05, 0) is 56.9 Å². The van der Waals surface area contributed by atoms with E-state index >= 15 is 0 Å². The lowest BCUT2D eigenvalue weighted by molar-refractivity contribution is 0.168. The molecule has 1 unspecified atom stereocenters. The Morgan fingerprint density at radius 2 is 2.26 bits per heavy atom. The van der Waals surface area contributed by atoms with Crippen LogP contribution in [0.1, 0.15) is 19.3 Å². The van der Waals surface area contributed by atoms with Crippen molar-refractivity contribution in [3.8, 4) is 0 Å². The number of nitrogens with one attached hydrogen (secondary N) is 1. The summed E-state index contributed by atoms with van der Waals surface area (Å²) < 4.78 is 4.16. The number of aromatic amines is 1. The second kappa shape index (κ2) is 5.38. The fraction of sp³-hybridized carbons (Fsp3) is 0.500. The van der Waals surface area contributed by atoms with Crippen LogP contribution in [-0.4, -0.2) is 34.1 Å². The predicted octanol–water partition coefficient (Wildman–Crippen LogP) is 3.95. The zero-order valence-electron chi connectivity index (χ0n) is 11.0. The molecular weight excluding hydrogens is 322 g/mol. The van der Waals surface area contributed by atoms with E-state index in [2.05, 4.69) is 49.6 Å². The Morgan fingerprint density at radius 1 is 1.42 bits per heavy atom. The van der Waals surface area contributed by atoms with Crippen LogP contribution in [0.25, 0.3) is 11.0 Å². The summed E-state index contributed by atoms with van der Waals surface area (Å²) in [6.07, 6.45) is 3.91. The number of H-pyrrole nitrogens is 1. The van der Waals surface area contributed by atoms with Crippen molar-refractivity contribution >= 4 is 39.2 Å². The van der Waals surface area contributed by atoms with Crippen molar-refractivity contribution in [2.75, 3.05) is 13.6 Å². The van der Waals surface area contributed by atoms with E-state index in [1.807, 2.05) is 6.07 Å². The highest BCUT2D eigenvalue weighted by atomic mass is 79.9. The smallest absolute Gasteiger partial charge is 0.178 e. The first-order valence-electron chi connectivity index (χ1n) is 6.73. The van der Waals surface area contributed by atoms with Crippen LogP contribution in [0, 0.1) is 4.77 Å². The summed E-state index contributed by atoms with van der Waals surface area (Å²) in [6, 6.07) is 6.87. The molecule has 1 fully saturated rings. The normalized spacial score (nSPS) is 21.1. The van der Waals surface area contributed by atoms with Gasteiger partial charge in [-0.3, -0.25) is 0 Å². The van der Waals surface area contributed by atoms with E-state index < -0.39 is 0 Å². The highest BCUT2D eigenvalue weighted by molar-refractivity contribution is 9.10. The number of nitrogens with zero attached hydrogens (tertiary/aromatic N) is 2. The summed E-state index contributed by atoms with van der Waals surface area (Å²) in [5.41, 5.74) is 2.31. The van der Waals surface area contributed by atoms with Crippen LogP contribution in [0.5, 0.6) is 0 Å². The van der Waals surface area contributed by atoms with Crippen molar-refractivity contribution in [3.63, 3.8) is 0 Å². The lowest BCUT2D eigenvalue weighted by Gasteiger charge is -2.32. The molecule has 3 rings (SSSR count). The van der Waals surface area contributed by atoms with Gasteiger partial charge in [0.2, 0.25) is 0 Å². The molecule has 5 heteroatoms. The van der Waals surface area contributed by atoms with Crippen molar-refractivity contribution in [3.05, 3.63) is 27.4 Å². The molecule has 0 radical (unpaired) electrons. The molecular formula is C14H18BrN3S. The third kappa shape index (κ3) is 2.64. The first-order valence-corrected chi connectivity index (χ1v) is 7.93. The highest BCUT2D eigenvalue weighted by Crippen LogP contribution is 2.23. The van der Waals surface area contributed by atoms with Gasteiger partial charge in [-0.15, -0.1) is 0 Å². The molecule has 0 aliphatic carbocycles. The Balaban J connectivity index is 1.97. The average molecular weight is 340 g/mol. The van der Waals surface area contributed by atoms with E-state index in [9.17, 15) is 0 Å². The summed E-state index contributed by atoms with van der Waals surface area (Å²) in [6.45, 7) is 2.18. The summed E-state index contributed by atoms with van der Waals surface area (Å²) in [7, 11) is 2.22. The molecule has 1 N–H and O–H groups in total. The third-order valence-electron chi connectivity index (χ3n) is 4.05. The number of imidazole rings is 1. The Labute approximate surface area is 126 Å². The second-order valence-corrected chi connectivity index (χ2v) is 6.63. The van der Waals surface area contributed by atoms with Gasteiger partial charge in [-0.25, -0.2) is 0 Å². The maximum atomic E-state index is 5.48. The minimum Gasteiger partial charge on any atom is -0.331 e. The zero-order valence-corrected chi connectivity index (χ0v) is 13.4. The van der Waals surface area contributed by atoms with Gasteiger partial charge in [0, 0.05) is 17.1 Å². The monoisotopic (exact) mass is 339 g/mol. The minimum atomic E-state index is 0.596. The molecule has 3 nitrogen and oxygen atoms in total. The molecule has 1 aromatic heterocycles. The standard InChI is InChI=1S/C14H18BrN3S/c1-17-7-3-2-4-11(17)9-18-13-8-10(15)5-6-12(13)16-14(18)19/h5-6,8,11H,2-4,7,9H2,1H3,(H,16,19). The zero-order chi connectivity index (χ0) is 13.4. The molecule has 102 valence electrons. The van der Waals surface area contributed by atoms with Crippen LogP contribution in [0.2, 0.25) is 0 Å². The molecule has 1 atom stereocenters. The number of aromatic nitrogens is 2. The van der Waals surface area contributed by atoms with Crippen LogP contribution >= 0.6 is 28.1 Å². The molecule has 0 amide bonds. The number of fused-ring (bicyclic) bond motifs is 1. The molecule has 0 saturated carbocycles. The maximum Gasteiger partial charge on any atom is 0.178 e. The molecule has 19 heavy (non-hydrogen) atoms. The van der Waals surface area contributed by atoms with Gasteiger partial charge in [-0.1, -0.05) is 22.4 Å². The van der Waals surface area contributed by atoms with Crippen molar-refractivity contribution < 1.29 is 0 Å². The van der Waals surface area contributed by atoms with Crippen molar-refractivity contribution in [2.45, 2.75) is 31.8 Å². The molecule has 1 aliphatic heterocycles. The Hall–Kier alpha value is -0.650. The summed E-state index contributed by atoms with van der Waals surface area (Å²) in [5.74, 6) is 0. The Kier molecular flexibility index (Phi) is 3.78. The number of rotatable bonds is 2. The highest BCUT2D eigenvalue weighted by Gasteiger charge is 2.20. The van der Waals surface area contributed by atoms with Crippen LogP contribution < -0.4 is 0 Å². The van der Waals surface area contributed by atoms with Crippen molar-refractivity contribution in [1.29, 1.82) is 0 Å². The number of benzene rings is 1. The van der Waals surface area contributed by atoms with E-state index in [0.717, 1.165) is 21.3 Å². The predicted molar refractivity (Wildman–Crippen MR) is 85.1 cm³/mol. The van der Waals surface area contributed by atoms with Gasteiger partial charge >= 0.3 is 0 Å². The van der Waals surface area contributed by atoms with Gasteiger partial charge in [0.25, 0.3) is 0 Å². The molecule has 1 saturated heterocycles. The van der Waals surface area contributed by atoms with Gasteiger partial charge in [0.05, 0.1) is 11.0 Å². The lowest BCUT2D eigenvalue weighted by Crippen LogP contribution is -2.39. The topological polar surface area (TPSA) is 24.0 Å². The van der Waals surface area contributed by atoms with E-state index in [4.69, 9.17) is 12.2 Å². The number of likely N-dealkylation sites (N-methyl/N-ethyl adjacent to an activating group) is 1. The van der Waals surface area contributed by atoms with Gasteiger partial charge in [0.1, 0.15) is 0 Å². The van der Waals surface area contributed by atoms with E-state index in [-0.39, 0.29) is 0 Å². The Morgan fingerprint density at radius 3 is 3.05 bits per heavy atom. The van der Waals surface area contributed by atoms with Gasteiger partial charge in [0.15, 0.2) is 4.77 Å². The minimum absolute atomic E-state index is 0.596. The van der Waals surface area contributed by atoms with Gasteiger partial charge < -0.3 is 14.5 Å². The van der Waals surface area contributed by atoms with Crippen molar-refractivity contribution in [1.82, 2.24) is 14.5 Å².